The summed E-state index contributed by atoms with van der Waals surface area (Å²) >= 11 is 1.39. The first kappa shape index (κ1) is 19.8. The first-order chi connectivity index (χ1) is 10.6. The van der Waals surface area contributed by atoms with Crippen LogP contribution in [-0.4, -0.2) is 43.2 Å². The number of halogens is 1. The third-order valence-electron chi connectivity index (χ3n) is 3.36. The fourth-order valence-corrected chi connectivity index (χ4v) is 2.97. The van der Waals surface area contributed by atoms with Crippen molar-refractivity contribution in [1.29, 1.82) is 0 Å². The van der Waals surface area contributed by atoms with Crippen molar-refractivity contribution in [3.63, 3.8) is 0 Å². The van der Waals surface area contributed by atoms with E-state index in [4.69, 9.17) is 0 Å². The van der Waals surface area contributed by atoms with Crippen molar-refractivity contribution in [1.82, 2.24) is 16.0 Å². The van der Waals surface area contributed by atoms with Gasteiger partial charge in [0.1, 0.15) is 0 Å². The maximum absolute atomic E-state index is 12.3. The largest absolute Gasteiger partial charge is 0.353 e. The molecule has 2 amide bonds. The molecule has 7 heteroatoms. The van der Waals surface area contributed by atoms with Gasteiger partial charge in [0.15, 0.2) is 0 Å². The monoisotopic (exact) mass is 357 g/mol. The topological polar surface area (TPSA) is 70.2 Å². The maximum Gasteiger partial charge on any atom is 0.252 e. The third-order valence-corrected chi connectivity index (χ3v) is 4.43. The molecular weight excluding hydrogens is 334 g/mol. The van der Waals surface area contributed by atoms with E-state index in [9.17, 15) is 9.59 Å². The minimum absolute atomic E-state index is 0. The summed E-state index contributed by atoms with van der Waals surface area (Å²) in [6.45, 7) is 6.48. The molecule has 1 aromatic rings. The molecule has 2 rings (SSSR count). The minimum Gasteiger partial charge on any atom is -0.353 e. The minimum atomic E-state index is -0.0701. The molecular formula is C16H24ClN3O2S. The molecule has 128 valence electrons. The van der Waals surface area contributed by atoms with Crippen molar-refractivity contribution in [3.8, 4) is 0 Å². The first-order valence-corrected chi connectivity index (χ1v) is 8.55. The van der Waals surface area contributed by atoms with Crippen LogP contribution in [0.15, 0.2) is 29.2 Å². The van der Waals surface area contributed by atoms with Gasteiger partial charge in [-0.25, -0.2) is 0 Å². The zero-order chi connectivity index (χ0) is 15.9. The van der Waals surface area contributed by atoms with E-state index in [0.29, 0.717) is 23.8 Å². The summed E-state index contributed by atoms with van der Waals surface area (Å²) in [5, 5.41) is 9.00. The van der Waals surface area contributed by atoms with Gasteiger partial charge in [-0.2, -0.15) is 0 Å². The molecule has 1 aliphatic heterocycles. The number of benzene rings is 1. The lowest BCUT2D eigenvalue weighted by Gasteiger charge is -2.27. The summed E-state index contributed by atoms with van der Waals surface area (Å²) in [5.74, 6) is 0.755. The molecule has 0 bridgehead atoms. The number of amides is 2. The van der Waals surface area contributed by atoms with Crippen LogP contribution in [-0.2, 0) is 4.79 Å². The van der Waals surface area contributed by atoms with Gasteiger partial charge in [0, 0.05) is 36.5 Å². The van der Waals surface area contributed by atoms with E-state index in [1.54, 1.807) is 6.07 Å². The normalized spacial score (nSPS) is 13.9. The van der Waals surface area contributed by atoms with Crippen molar-refractivity contribution in [3.05, 3.63) is 29.8 Å². The summed E-state index contributed by atoms with van der Waals surface area (Å²) < 4.78 is 0. The summed E-state index contributed by atoms with van der Waals surface area (Å²) in [6.07, 6.45) is 0. The molecule has 1 aromatic carbocycles. The highest BCUT2D eigenvalue weighted by Crippen LogP contribution is 2.22. The van der Waals surface area contributed by atoms with E-state index < -0.39 is 0 Å². The van der Waals surface area contributed by atoms with E-state index in [0.717, 1.165) is 18.0 Å². The van der Waals surface area contributed by atoms with E-state index in [-0.39, 0.29) is 30.3 Å². The Morgan fingerprint density at radius 1 is 1.30 bits per heavy atom. The zero-order valence-electron chi connectivity index (χ0n) is 13.4. The van der Waals surface area contributed by atoms with E-state index >= 15 is 0 Å². The lowest BCUT2D eigenvalue weighted by atomic mass is 10.0. The van der Waals surface area contributed by atoms with Gasteiger partial charge in [-0.05, 0) is 26.0 Å². The highest BCUT2D eigenvalue weighted by molar-refractivity contribution is 8.00. The smallest absolute Gasteiger partial charge is 0.252 e. The van der Waals surface area contributed by atoms with E-state index in [2.05, 4.69) is 16.0 Å². The fourth-order valence-electron chi connectivity index (χ4n) is 2.11. The summed E-state index contributed by atoms with van der Waals surface area (Å²) in [6, 6.07) is 7.54. The molecule has 1 aliphatic rings. The van der Waals surface area contributed by atoms with Gasteiger partial charge in [-0.15, -0.1) is 24.2 Å². The molecule has 3 N–H and O–H groups in total. The highest BCUT2D eigenvalue weighted by Gasteiger charge is 2.19. The quantitative estimate of drug-likeness (QED) is 0.649. The Labute approximate surface area is 147 Å². The van der Waals surface area contributed by atoms with Crippen LogP contribution < -0.4 is 16.0 Å². The third kappa shape index (κ3) is 6.41. The van der Waals surface area contributed by atoms with Crippen molar-refractivity contribution in [2.45, 2.75) is 24.8 Å². The average Bonchev–Trinajstić information content (AvgIpc) is 2.43. The SMILES string of the molecule is CC(C)NC(=O)CSc1ccccc1C(=O)NCC1CNC1.Cl. The molecule has 0 aliphatic carbocycles. The first-order valence-electron chi connectivity index (χ1n) is 7.56. The van der Waals surface area contributed by atoms with Crippen LogP contribution in [0.2, 0.25) is 0 Å². The van der Waals surface area contributed by atoms with Gasteiger partial charge in [-0.1, -0.05) is 12.1 Å². The number of hydrogen-bond acceptors (Lipinski definition) is 4. The summed E-state index contributed by atoms with van der Waals surface area (Å²) in [4.78, 5) is 24.9. The van der Waals surface area contributed by atoms with Crippen molar-refractivity contribution in [2.75, 3.05) is 25.4 Å². The molecule has 0 spiro atoms. The Bertz CT molecular complexity index is 536. The Kier molecular flexibility index (Phi) is 8.44. The van der Waals surface area contributed by atoms with Crippen molar-refractivity contribution >= 4 is 36.0 Å². The Morgan fingerprint density at radius 2 is 2.00 bits per heavy atom. The van der Waals surface area contributed by atoms with Crippen molar-refractivity contribution in [2.24, 2.45) is 5.92 Å². The van der Waals surface area contributed by atoms with Crippen LogP contribution in [0, 0.1) is 5.92 Å². The molecule has 1 saturated heterocycles. The predicted molar refractivity (Wildman–Crippen MR) is 96.4 cm³/mol. The van der Waals surface area contributed by atoms with Crippen LogP contribution in [0.25, 0.3) is 0 Å². The van der Waals surface area contributed by atoms with Crippen LogP contribution in [0.4, 0.5) is 0 Å². The molecule has 0 radical (unpaired) electrons. The second kappa shape index (κ2) is 9.80. The van der Waals surface area contributed by atoms with Gasteiger partial charge >= 0.3 is 0 Å². The lowest BCUT2D eigenvalue weighted by Crippen LogP contribution is -2.48. The molecule has 23 heavy (non-hydrogen) atoms. The van der Waals surface area contributed by atoms with Crippen molar-refractivity contribution < 1.29 is 9.59 Å². The molecule has 0 atom stereocenters. The van der Waals surface area contributed by atoms with Gasteiger partial charge in [0.05, 0.1) is 11.3 Å². The van der Waals surface area contributed by atoms with Gasteiger partial charge in [0.2, 0.25) is 5.91 Å². The number of carbonyl (C=O) groups is 2. The fraction of sp³-hybridized carbons (Fsp3) is 0.500. The predicted octanol–water partition coefficient (Wildman–Crippen LogP) is 1.67. The second-order valence-corrected chi connectivity index (χ2v) is 6.76. The van der Waals surface area contributed by atoms with Gasteiger partial charge < -0.3 is 16.0 Å². The summed E-state index contributed by atoms with van der Waals surface area (Å²) in [5.41, 5.74) is 0.636. The molecule has 0 saturated carbocycles. The maximum atomic E-state index is 12.3. The van der Waals surface area contributed by atoms with Crippen LogP contribution in [0.3, 0.4) is 0 Å². The number of carbonyl (C=O) groups excluding carboxylic acids is 2. The van der Waals surface area contributed by atoms with Crippen LogP contribution >= 0.6 is 24.2 Å². The van der Waals surface area contributed by atoms with Gasteiger partial charge in [-0.3, -0.25) is 9.59 Å². The number of nitrogens with one attached hydrogen (secondary N) is 3. The number of thioether (sulfide) groups is 1. The molecule has 1 fully saturated rings. The van der Waals surface area contributed by atoms with E-state index in [1.807, 2.05) is 32.0 Å². The van der Waals surface area contributed by atoms with Gasteiger partial charge in [0.25, 0.3) is 5.91 Å². The summed E-state index contributed by atoms with van der Waals surface area (Å²) in [7, 11) is 0. The number of hydrogen-bond donors (Lipinski definition) is 3. The molecule has 0 unspecified atom stereocenters. The molecule has 1 heterocycles. The van der Waals surface area contributed by atoms with Crippen LogP contribution in [0.1, 0.15) is 24.2 Å². The average molecular weight is 358 g/mol. The highest BCUT2D eigenvalue weighted by atomic mass is 35.5. The zero-order valence-corrected chi connectivity index (χ0v) is 15.1. The Balaban J connectivity index is 0.00000264. The standard InChI is InChI=1S/C16H23N3O2S.ClH/c1-11(2)19-15(20)10-22-14-6-4-3-5-13(14)16(21)18-9-12-7-17-8-12;/h3-6,11-12,17H,7-10H2,1-2H3,(H,18,21)(H,19,20);1H. The van der Waals surface area contributed by atoms with Crippen LogP contribution in [0.5, 0.6) is 0 Å². The molecule has 0 aromatic heterocycles. The number of rotatable bonds is 7. The lowest BCUT2D eigenvalue weighted by molar-refractivity contribution is -0.119. The van der Waals surface area contributed by atoms with E-state index in [1.165, 1.54) is 11.8 Å². The molecule has 5 nitrogen and oxygen atoms in total. The second-order valence-electron chi connectivity index (χ2n) is 5.74. The Morgan fingerprint density at radius 3 is 2.61 bits per heavy atom. The Hall–Kier alpha value is -1.24.